The van der Waals surface area contributed by atoms with E-state index in [2.05, 4.69) is 15.9 Å². The standard InChI is InChI=1S/C9H9BrClF2N/c10-7-3-5(11)1-2-6(7)8(14)4-9(12)13/h1-3,8-9H,4,14H2/t8-/m0/s1. The number of benzene rings is 1. The second kappa shape index (κ2) is 5.05. The van der Waals surface area contributed by atoms with Gasteiger partial charge in [-0.15, -0.1) is 0 Å². The highest BCUT2D eigenvalue weighted by molar-refractivity contribution is 9.10. The summed E-state index contributed by atoms with van der Waals surface area (Å²) in [5.74, 6) is 0. The Balaban J connectivity index is 2.84. The summed E-state index contributed by atoms with van der Waals surface area (Å²) in [5, 5.41) is 0.546. The molecule has 0 aromatic heterocycles. The lowest BCUT2D eigenvalue weighted by atomic mass is 10.1. The van der Waals surface area contributed by atoms with E-state index in [9.17, 15) is 8.78 Å². The van der Waals surface area contributed by atoms with Crippen molar-refractivity contribution in [3.63, 3.8) is 0 Å². The van der Waals surface area contributed by atoms with E-state index in [0.717, 1.165) is 0 Å². The van der Waals surface area contributed by atoms with E-state index < -0.39 is 12.5 Å². The van der Waals surface area contributed by atoms with Crippen LogP contribution in [0.15, 0.2) is 22.7 Å². The van der Waals surface area contributed by atoms with Crippen LogP contribution in [0, 0.1) is 0 Å². The summed E-state index contributed by atoms with van der Waals surface area (Å²) in [4.78, 5) is 0. The van der Waals surface area contributed by atoms with Crippen LogP contribution in [0.5, 0.6) is 0 Å². The van der Waals surface area contributed by atoms with Crippen molar-refractivity contribution < 1.29 is 8.78 Å². The first kappa shape index (κ1) is 11.9. The molecule has 0 aliphatic heterocycles. The third-order valence-corrected chi connectivity index (χ3v) is 2.72. The van der Waals surface area contributed by atoms with Crippen LogP contribution in [0.1, 0.15) is 18.0 Å². The monoisotopic (exact) mass is 283 g/mol. The number of nitrogens with two attached hydrogens (primary N) is 1. The third kappa shape index (κ3) is 3.19. The fraction of sp³-hybridized carbons (Fsp3) is 0.333. The highest BCUT2D eigenvalue weighted by Gasteiger charge is 2.15. The molecule has 1 atom stereocenters. The van der Waals surface area contributed by atoms with Gasteiger partial charge in [0.2, 0.25) is 6.43 Å². The van der Waals surface area contributed by atoms with Crippen molar-refractivity contribution in [1.82, 2.24) is 0 Å². The highest BCUT2D eigenvalue weighted by atomic mass is 79.9. The Morgan fingerprint density at radius 3 is 2.57 bits per heavy atom. The van der Waals surface area contributed by atoms with Crippen molar-refractivity contribution in [2.24, 2.45) is 5.73 Å². The molecule has 0 unspecified atom stereocenters. The van der Waals surface area contributed by atoms with Gasteiger partial charge in [0.05, 0.1) is 0 Å². The van der Waals surface area contributed by atoms with Gasteiger partial charge in [-0.05, 0) is 17.7 Å². The Bertz CT molecular complexity index is 320. The van der Waals surface area contributed by atoms with Crippen LogP contribution in [0.3, 0.4) is 0 Å². The molecular formula is C9H9BrClF2N. The van der Waals surface area contributed by atoms with Crippen molar-refractivity contribution in [2.45, 2.75) is 18.9 Å². The number of halogens is 4. The number of rotatable bonds is 3. The van der Waals surface area contributed by atoms with Crippen LogP contribution < -0.4 is 5.73 Å². The summed E-state index contributed by atoms with van der Waals surface area (Å²) >= 11 is 8.94. The molecule has 0 fully saturated rings. The second-order valence-corrected chi connectivity index (χ2v) is 4.19. The van der Waals surface area contributed by atoms with Crippen molar-refractivity contribution >= 4 is 27.5 Å². The minimum absolute atomic E-state index is 0.347. The average molecular weight is 285 g/mol. The predicted octanol–water partition coefficient (Wildman–Crippen LogP) is 3.76. The van der Waals surface area contributed by atoms with Gasteiger partial charge in [0.15, 0.2) is 0 Å². The molecule has 0 saturated carbocycles. The molecule has 1 rings (SSSR count). The normalized spacial score (nSPS) is 13.3. The molecule has 1 aromatic rings. The van der Waals surface area contributed by atoms with E-state index in [1.54, 1.807) is 18.2 Å². The zero-order chi connectivity index (χ0) is 10.7. The van der Waals surface area contributed by atoms with Gasteiger partial charge in [-0.1, -0.05) is 33.6 Å². The molecule has 2 N–H and O–H groups in total. The smallest absolute Gasteiger partial charge is 0.240 e. The van der Waals surface area contributed by atoms with E-state index >= 15 is 0 Å². The molecule has 0 heterocycles. The van der Waals surface area contributed by atoms with E-state index in [-0.39, 0.29) is 6.42 Å². The van der Waals surface area contributed by atoms with Gasteiger partial charge in [0, 0.05) is 22.0 Å². The summed E-state index contributed by atoms with van der Waals surface area (Å²) in [6.07, 6.45) is -2.74. The summed E-state index contributed by atoms with van der Waals surface area (Å²) in [6.45, 7) is 0. The topological polar surface area (TPSA) is 26.0 Å². The fourth-order valence-electron chi connectivity index (χ4n) is 1.12. The third-order valence-electron chi connectivity index (χ3n) is 1.79. The summed E-state index contributed by atoms with van der Waals surface area (Å²) in [7, 11) is 0. The zero-order valence-electron chi connectivity index (χ0n) is 7.18. The number of alkyl halides is 2. The minimum atomic E-state index is -2.40. The molecule has 0 aliphatic rings. The number of hydrogen-bond donors (Lipinski definition) is 1. The van der Waals surface area contributed by atoms with Gasteiger partial charge in [0.1, 0.15) is 0 Å². The zero-order valence-corrected chi connectivity index (χ0v) is 9.52. The van der Waals surface area contributed by atoms with Gasteiger partial charge in [-0.2, -0.15) is 0 Å². The van der Waals surface area contributed by atoms with Crippen LogP contribution in [0.25, 0.3) is 0 Å². The summed E-state index contributed by atoms with van der Waals surface area (Å²) < 4.78 is 24.8. The van der Waals surface area contributed by atoms with Crippen molar-refractivity contribution in [3.05, 3.63) is 33.3 Å². The Kier molecular flexibility index (Phi) is 4.29. The molecule has 1 nitrogen and oxygen atoms in total. The van der Waals surface area contributed by atoms with E-state index in [1.807, 2.05) is 0 Å². The summed E-state index contributed by atoms with van der Waals surface area (Å²) in [6, 6.07) is 4.26. The van der Waals surface area contributed by atoms with Crippen molar-refractivity contribution in [3.8, 4) is 0 Å². The molecule has 0 radical (unpaired) electrons. The van der Waals surface area contributed by atoms with Crippen molar-refractivity contribution in [1.29, 1.82) is 0 Å². The molecule has 0 bridgehead atoms. The quantitative estimate of drug-likeness (QED) is 0.898. The number of hydrogen-bond acceptors (Lipinski definition) is 1. The molecule has 5 heteroatoms. The minimum Gasteiger partial charge on any atom is -0.324 e. The Hall–Kier alpha value is -0.190. The lowest BCUT2D eigenvalue weighted by Crippen LogP contribution is -2.14. The molecule has 78 valence electrons. The van der Waals surface area contributed by atoms with Gasteiger partial charge in [-0.3, -0.25) is 0 Å². The Morgan fingerprint density at radius 1 is 1.43 bits per heavy atom. The first-order chi connectivity index (χ1) is 6.50. The maximum Gasteiger partial charge on any atom is 0.240 e. The van der Waals surface area contributed by atoms with Crippen LogP contribution in [-0.4, -0.2) is 6.43 Å². The van der Waals surface area contributed by atoms with Gasteiger partial charge in [-0.25, -0.2) is 8.78 Å². The van der Waals surface area contributed by atoms with Gasteiger partial charge in [0.25, 0.3) is 0 Å². The first-order valence-electron chi connectivity index (χ1n) is 3.99. The van der Waals surface area contributed by atoms with Crippen LogP contribution >= 0.6 is 27.5 Å². The lowest BCUT2D eigenvalue weighted by molar-refractivity contribution is 0.128. The Morgan fingerprint density at radius 2 is 2.07 bits per heavy atom. The molecule has 0 saturated heterocycles. The maximum absolute atomic E-state index is 12.1. The van der Waals surface area contributed by atoms with Crippen LogP contribution in [-0.2, 0) is 0 Å². The summed E-state index contributed by atoms with van der Waals surface area (Å²) in [5.41, 5.74) is 6.24. The van der Waals surface area contributed by atoms with Crippen LogP contribution in [0.4, 0.5) is 8.78 Å². The predicted molar refractivity (Wildman–Crippen MR) is 56.7 cm³/mol. The highest BCUT2D eigenvalue weighted by Crippen LogP contribution is 2.28. The Labute approximate surface area is 94.4 Å². The maximum atomic E-state index is 12.1. The SMILES string of the molecule is N[C@@H](CC(F)F)c1ccc(Cl)cc1Br. The molecule has 14 heavy (non-hydrogen) atoms. The first-order valence-corrected chi connectivity index (χ1v) is 5.16. The molecule has 0 aliphatic carbocycles. The average Bonchev–Trinajstić information content (AvgIpc) is 2.01. The van der Waals surface area contributed by atoms with E-state index in [0.29, 0.717) is 15.1 Å². The molecular weight excluding hydrogens is 275 g/mol. The molecule has 0 amide bonds. The lowest BCUT2D eigenvalue weighted by Gasteiger charge is -2.13. The van der Waals surface area contributed by atoms with Crippen molar-refractivity contribution in [2.75, 3.05) is 0 Å². The molecule has 0 spiro atoms. The largest absolute Gasteiger partial charge is 0.324 e. The second-order valence-electron chi connectivity index (χ2n) is 2.90. The van der Waals surface area contributed by atoms with E-state index in [4.69, 9.17) is 17.3 Å². The van der Waals surface area contributed by atoms with Gasteiger partial charge >= 0.3 is 0 Å². The van der Waals surface area contributed by atoms with Crippen LogP contribution in [0.2, 0.25) is 5.02 Å². The van der Waals surface area contributed by atoms with E-state index in [1.165, 1.54) is 0 Å². The molecule has 1 aromatic carbocycles. The van der Waals surface area contributed by atoms with Gasteiger partial charge < -0.3 is 5.73 Å². The fourth-order valence-corrected chi connectivity index (χ4v) is 2.10.